The Kier molecular flexibility index (Phi) is 6.40. The second kappa shape index (κ2) is 8.53. The van der Waals surface area contributed by atoms with Crippen LogP contribution in [-0.4, -0.2) is 44.3 Å². The van der Waals surface area contributed by atoms with Gasteiger partial charge in [0, 0.05) is 38.4 Å². The van der Waals surface area contributed by atoms with E-state index in [1.807, 2.05) is 38.1 Å². The predicted octanol–water partition coefficient (Wildman–Crippen LogP) is 1.83. The van der Waals surface area contributed by atoms with Crippen molar-refractivity contribution in [2.24, 2.45) is 0 Å². The Bertz CT molecular complexity index is 530. The van der Waals surface area contributed by atoms with Crippen LogP contribution in [0.25, 0.3) is 0 Å². The largest absolute Gasteiger partial charge is 0.382 e. The molecule has 1 aliphatic rings. The van der Waals surface area contributed by atoms with Crippen molar-refractivity contribution >= 4 is 17.6 Å². The van der Waals surface area contributed by atoms with Gasteiger partial charge in [-0.25, -0.2) is 4.79 Å². The summed E-state index contributed by atoms with van der Waals surface area (Å²) in [6.45, 7) is 6.35. The molecule has 0 aromatic heterocycles. The number of hydrogen-bond acceptors (Lipinski definition) is 3. The second-order valence-corrected chi connectivity index (χ2v) is 5.69. The lowest BCUT2D eigenvalue weighted by Crippen LogP contribution is -2.43. The van der Waals surface area contributed by atoms with Crippen LogP contribution in [0.5, 0.6) is 0 Å². The number of amides is 3. The van der Waals surface area contributed by atoms with Gasteiger partial charge in [-0.05, 0) is 32.4 Å². The Morgan fingerprint density at radius 3 is 2.78 bits per heavy atom. The monoisotopic (exact) mass is 319 g/mol. The maximum absolute atomic E-state index is 12.1. The van der Waals surface area contributed by atoms with E-state index in [-0.39, 0.29) is 18.0 Å². The van der Waals surface area contributed by atoms with Crippen molar-refractivity contribution in [2.75, 3.05) is 31.2 Å². The number of aryl methyl sites for hydroxylation is 1. The lowest BCUT2D eigenvalue weighted by molar-refractivity contribution is -0.117. The number of rotatable bonds is 7. The first kappa shape index (κ1) is 17.3. The van der Waals surface area contributed by atoms with Crippen LogP contribution in [0.3, 0.4) is 0 Å². The Morgan fingerprint density at radius 2 is 2.09 bits per heavy atom. The van der Waals surface area contributed by atoms with Crippen molar-refractivity contribution in [1.29, 1.82) is 0 Å². The first-order valence-corrected chi connectivity index (χ1v) is 8.09. The molecule has 2 rings (SSSR count). The number of ether oxygens (including phenoxy) is 1. The molecule has 2 N–H and O–H groups in total. The van der Waals surface area contributed by atoms with Crippen LogP contribution in [0.1, 0.15) is 25.3 Å². The maximum Gasteiger partial charge on any atom is 0.315 e. The van der Waals surface area contributed by atoms with Gasteiger partial charge in [-0.1, -0.05) is 17.7 Å². The summed E-state index contributed by atoms with van der Waals surface area (Å²) in [6.07, 6.45) is 1.11. The van der Waals surface area contributed by atoms with Gasteiger partial charge in [0.25, 0.3) is 0 Å². The fourth-order valence-electron chi connectivity index (χ4n) is 2.54. The summed E-state index contributed by atoms with van der Waals surface area (Å²) >= 11 is 0. The van der Waals surface area contributed by atoms with Gasteiger partial charge < -0.3 is 20.3 Å². The van der Waals surface area contributed by atoms with Crippen LogP contribution in [0.4, 0.5) is 10.5 Å². The number of anilines is 1. The zero-order valence-corrected chi connectivity index (χ0v) is 13.8. The molecule has 23 heavy (non-hydrogen) atoms. The Hall–Kier alpha value is -2.08. The number of nitrogens with one attached hydrogen (secondary N) is 2. The number of carbonyl (C=O) groups excluding carboxylic acids is 2. The minimum Gasteiger partial charge on any atom is -0.382 e. The summed E-state index contributed by atoms with van der Waals surface area (Å²) in [5, 5.41) is 5.64. The van der Waals surface area contributed by atoms with E-state index in [1.54, 1.807) is 4.90 Å². The van der Waals surface area contributed by atoms with E-state index in [9.17, 15) is 9.59 Å². The Balaban J connectivity index is 1.76. The smallest absolute Gasteiger partial charge is 0.315 e. The van der Waals surface area contributed by atoms with Crippen molar-refractivity contribution in [3.05, 3.63) is 29.8 Å². The third-order valence-corrected chi connectivity index (χ3v) is 3.76. The molecule has 3 amide bonds. The van der Waals surface area contributed by atoms with E-state index in [0.717, 1.165) is 17.7 Å². The van der Waals surface area contributed by atoms with Gasteiger partial charge in [-0.2, -0.15) is 0 Å². The molecule has 1 aromatic carbocycles. The molecule has 0 unspecified atom stereocenters. The highest BCUT2D eigenvalue weighted by atomic mass is 16.5. The van der Waals surface area contributed by atoms with Gasteiger partial charge in [0.1, 0.15) is 0 Å². The standard InChI is InChI=1S/C17H25N3O3/c1-3-23-10-4-9-18-17(22)19-14-11-16(21)20(12-14)15-7-5-13(2)6-8-15/h5-8,14H,3-4,9-12H2,1-2H3,(H2,18,19,22)/t14-/m0/s1. The molecule has 0 bridgehead atoms. The van der Waals surface area contributed by atoms with Crippen molar-refractivity contribution in [3.8, 4) is 0 Å². The Labute approximate surface area is 137 Å². The first-order chi connectivity index (χ1) is 11.1. The van der Waals surface area contributed by atoms with E-state index < -0.39 is 0 Å². The summed E-state index contributed by atoms with van der Waals surface area (Å²) in [5.41, 5.74) is 2.03. The van der Waals surface area contributed by atoms with Crippen molar-refractivity contribution in [3.63, 3.8) is 0 Å². The van der Waals surface area contributed by atoms with E-state index in [4.69, 9.17) is 4.74 Å². The molecule has 6 heteroatoms. The van der Waals surface area contributed by atoms with E-state index in [2.05, 4.69) is 10.6 Å². The highest BCUT2D eigenvalue weighted by Gasteiger charge is 2.31. The van der Waals surface area contributed by atoms with Gasteiger partial charge in [0.05, 0.1) is 6.04 Å². The molecule has 0 radical (unpaired) electrons. The Morgan fingerprint density at radius 1 is 1.35 bits per heavy atom. The van der Waals surface area contributed by atoms with Crippen LogP contribution in [0.2, 0.25) is 0 Å². The fourth-order valence-corrected chi connectivity index (χ4v) is 2.54. The molecule has 1 saturated heterocycles. The molecule has 1 aliphatic heterocycles. The highest BCUT2D eigenvalue weighted by molar-refractivity contribution is 5.96. The number of benzene rings is 1. The molecule has 0 spiro atoms. The van der Waals surface area contributed by atoms with Crippen molar-refractivity contribution in [2.45, 2.75) is 32.7 Å². The van der Waals surface area contributed by atoms with Crippen LogP contribution in [0.15, 0.2) is 24.3 Å². The molecule has 1 aromatic rings. The van der Waals surface area contributed by atoms with E-state index in [0.29, 0.717) is 32.7 Å². The zero-order chi connectivity index (χ0) is 16.7. The lowest BCUT2D eigenvalue weighted by atomic mass is 10.2. The number of carbonyl (C=O) groups is 2. The summed E-state index contributed by atoms with van der Waals surface area (Å²) in [4.78, 5) is 25.7. The van der Waals surface area contributed by atoms with E-state index >= 15 is 0 Å². The molecule has 1 atom stereocenters. The molecule has 0 saturated carbocycles. The van der Waals surface area contributed by atoms with Crippen LogP contribution < -0.4 is 15.5 Å². The van der Waals surface area contributed by atoms with Gasteiger partial charge in [0.15, 0.2) is 0 Å². The van der Waals surface area contributed by atoms with Crippen molar-refractivity contribution in [1.82, 2.24) is 10.6 Å². The summed E-state index contributed by atoms with van der Waals surface area (Å²) in [7, 11) is 0. The van der Waals surface area contributed by atoms with Gasteiger partial charge in [-0.15, -0.1) is 0 Å². The average molecular weight is 319 g/mol. The molecule has 6 nitrogen and oxygen atoms in total. The topological polar surface area (TPSA) is 70.7 Å². The molecular formula is C17H25N3O3. The lowest BCUT2D eigenvalue weighted by Gasteiger charge is -2.17. The maximum atomic E-state index is 12.1. The second-order valence-electron chi connectivity index (χ2n) is 5.69. The first-order valence-electron chi connectivity index (χ1n) is 8.09. The zero-order valence-electron chi connectivity index (χ0n) is 13.8. The molecule has 126 valence electrons. The third kappa shape index (κ3) is 5.25. The van der Waals surface area contributed by atoms with Crippen LogP contribution in [0, 0.1) is 6.92 Å². The van der Waals surface area contributed by atoms with Crippen molar-refractivity contribution < 1.29 is 14.3 Å². The highest BCUT2D eigenvalue weighted by Crippen LogP contribution is 2.21. The number of urea groups is 1. The average Bonchev–Trinajstić information content (AvgIpc) is 2.88. The minimum absolute atomic E-state index is 0.0375. The number of nitrogens with zero attached hydrogens (tertiary/aromatic N) is 1. The summed E-state index contributed by atoms with van der Waals surface area (Å²) < 4.78 is 5.21. The van der Waals surface area contributed by atoms with Gasteiger partial charge >= 0.3 is 6.03 Å². The predicted molar refractivity (Wildman–Crippen MR) is 89.6 cm³/mol. The minimum atomic E-state index is -0.231. The summed E-state index contributed by atoms with van der Waals surface area (Å²) in [6, 6.07) is 7.44. The molecular weight excluding hydrogens is 294 g/mol. The van der Waals surface area contributed by atoms with Gasteiger partial charge in [-0.3, -0.25) is 4.79 Å². The van der Waals surface area contributed by atoms with Gasteiger partial charge in [0.2, 0.25) is 5.91 Å². The van der Waals surface area contributed by atoms with Crippen LogP contribution in [-0.2, 0) is 9.53 Å². The fraction of sp³-hybridized carbons (Fsp3) is 0.529. The summed E-state index contributed by atoms with van der Waals surface area (Å²) in [5.74, 6) is 0.0375. The quantitative estimate of drug-likeness (QED) is 0.753. The third-order valence-electron chi connectivity index (χ3n) is 3.76. The molecule has 1 heterocycles. The molecule has 0 aliphatic carbocycles. The molecule has 1 fully saturated rings. The number of hydrogen-bond donors (Lipinski definition) is 2. The van der Waals surface area contributed by atoms with E-state index in [1.165, 1.54) is 0 Å². The van der Waals surface area contributed by atoms with Crippen LogP contribution >= 0.6 is 0 Å². The SMILES string of the molecule is CCOCCCNC(=O)N[C@H]1CC(=O)N(c2ccc(C)cc2)C1. The normalized spacial score (nSPS) is 17.4.